The van der Waals surface area contributed by atoms with E-state index in [0.29, 0.717) is 23.2 Å². The Morgan fingerprint density at radius 2 is 2.20 bits per heavy atom. The fourth-order valence-electron chi connectivity index (χ4n) is 2.69. The van der Waals surface area contributed by atoms with E-state index in [4.69, 9.17) is 10.5 Å². The summed E-state index contributed by atoms with van der Waals surface area (Å²) in [6.07, 6.45) is 6.63. The number of ether oxygens (including phenoxy) is 1. The Hall–Kier alpha value is -1.72. The second-order valence-corrected chi connectivity index (χ2v) is 5.26. The van der Waals surface area contributed by atoms with E-state index in [1.54, 1.807) is 4.68 Å². The molecule has 0 atom stereocenters. The van der Waals surface area contributed by atoms with Gasteiger partial charge in [-0.3, -0.25) is 0 Å². The third-order valence-electron chi connectivity index (χ3n) is 3.83. The highest BCUT2D eigenvalue weighted by Crippen LogP contribution is 2.34. The molecule has 1 aromatic rings. The number of rotatable bonds is 6. The molecule has 20 heavy (non-hydrogen) atoms. The normalized spacial score (nSPS) is 15.5. The van der Waals surface area contributed by atoms with Crippen molar-refractivity contribution in [2.45, 2.75) is 51.5 Å². The van der Waals surface area contributed by atoms with Crippen molar-refractivity contribution < 1.29 is 9.53 Å². The van der Waals surface area contributed by atoms with Crippen molar-refractivity contribution in [1.82, 2.24) is 9.78 Å². The topological polar surface area (TPSA) is 82.2 Å². The molecule has 6 heteroatoms. The van der Waals surface area contributed by atoms with Gasteiger partial charge < -0.3 is 15.8 Å². The Kier molecular flexibility index (Phi) is 4.87. The lowest BCUT2D eigenvalue weighted by molar-refractivity contribution is 0.0603. The van der Waals surface area contributed by atoms with Crippen LogP contribution < -0.4 is 11.1 Å². The summed E-state index contributed by atoms with van der Waals surface area (Å²) < 4.78 is 6.63. The molecule has 6 nitrogen and oxygen atoms in total. The number of nitrogens with zero attached hydrogens (tertiary/aromatic N) is 2. The molecule has 1 saturated carbocycles. The molecule has 2 rings (SSSR count). The van der Waals surface area contributed by atoms with Crippen LogP contribution in [0.15, 0.2) is 0 Å². The van der Waals surface area contributed by atoms with Crippen molar-refractivity contribution in [3.05, 3.63) is 5.56 Å². The molecule has 0 aliphatic heterocycles. The number of nitrogens with one attached hydrogen (secondary N) is 1. The highest BCUT2D eigenvalue weighted by Gasteiger charge is 2.27. The van der Waals surface area contributed by atoms with Gasteiger partial charge in [0.2, 0.25) is 0 Å². The van der Waals surface area contributed by atoms with E-state index in [9.17, 15) is 4.79 Å². The first-order valence-electron chi connectivity index (χ1n) is 7.39. The average molecular weight is 280 g/mol. The highest BCUT2D eigenvalue weighted by atomic mass is 16.5. The average Bonchev–Trinajstić information content (AvgIpc) is 3.06. The maximum absolute atomic E-state index is 11.9. The summed E-state index contributed by atoms with van der Waals surface area (Å²) in [7, 11) is 1.37. The van der Waals surface area contributed by atoms with Crippen LogP contribution in [0.3, 0.4) is 0 Å². The molecule has 112 valence electrons. The molecular weight excluding hydrogens is 256 g/mol. The van der Waals surface area contributed by atoms with Gasteiger partial charge in [0, 0.05) is 6.54 Å². The standard InChI is InChI=1S/C14H24N4O2/c1-3-4-9-16-13-11(14(19)20-2)12(15)18(17-13)10-7-5-6-8-10/h10H,3-9,15H2,1-2H3,(H,16,17). The van der Waals surface area contributed by atoms with E-state index >= 15 is 0 Å². The second-order valence-electron chi connectivity index (χ2n) is 5.26. The maximum atomic E-state index is 11.9. The quantitative estimate of drug-likeness (QED) is 0.618. The molecule has 1 aromatic heterocycles. The molecule has 0 spiro atoms. The van der Waals surface area contributed by atoms with Gasteiger partial charge in [0.25, 0.3) is 0 Å². The number of esters is 1. The van der Waals surface area contributed by atoms with Crippen molar-refractivity contribution in [2.75, 3.05) is 24.7 Å². The Labute approximate surface area is 119 Å². The number of methoxy groups -OCH3 is 1. The molecule has 1 aliphatic carbocycles. The number of nitrogen functional groups attached to an aromatic ring is 1. The van der Waals surface area contributed by atoms with Crippen molar-refractivity contribution >= 4 is 17.6 Å². The van der Waals surface area contributed by atoms with Crippen molar-refractivity contribution in [3.8, 4) is 0 Å². The molecule has 0 radical (unpaired) electrons. The molecule has 0 saturated heterocycles. The van der Waals surface area contributed by atoms with E-state index < -0.39 is 5.97 Å². The third kappa shape index (κ3) is 2.89. The fraction of sp³-hybridized carbons (Fsp3) is 0.714. The number of anilines is 2. The first-order chi connectivity index (χ1) is 9.69. The number of hydrogen-bond acceptors (Lipinski definition) is 5. The van der Waals surface area contributed by atoms with Crippen LogP contribution in [0.2, 0.25) is 0 Å². The van der Waals surface area contributed by atoms with Gasteiger partial charge >= 0.3 is 5.97 Å². The lowest BCUT2D eigenvalue weighted by Crippen LogP contribution is -2.12. The summed E-state index contributed by atoms with van der Waals surface area (Å²) >= 11 is 0. The van der Waals surface area contributed by atoms with Gasteiger partial charge in [0.1, 0.15) is 11.4 Å². The minimum Gasteiger partial charge on any atom is -0.465 e. The van der Waals surface area contributed by atoms with Crippen LogP contribution in [0.25, 0.3) is 0 Å². The smallest absolute Gasteiger partial charge is 0.345 e. The van der Waals surface area contributed by atoms with Crippen LogP contribution in [-0.4, -0.2) is 29.4 Å². The highest BCUT2D eigenvalue weighted by molar-refractivity contribution is 5.99. The van der Waals surface area contributed by atoms with Crippen LogP contribution in [0.4, 0.5) is 11.6 Å². The molecule has 0 aromatic carbocycles. The first kappa shape index (κ1) is 14.7. The number of unbranched alkanes of at least 4 members (excludes halogenated alkanes) is 1. The van der Waals surface area contributed by atoms with Crippen molar-refractivity contribution in [1.29, 1.82) is 0 Å². The molecule has 1 heterocycles. The van der Waals surface area contributed by atoms with Crippen LogP contribution in [0.1, 0.15) is 61.8 Å². The van der Waals surface area contributed by atoms with E-state index in [1.165, 1.54) is 20.0 Å². The Morgan fingerprint density at radius 3 is 2.80 bits per heavy atom. The van der Waals surface area contributed by atoms with Crippen molar-refractivity contribution in [2.24, 2.45) is 0 Å². The molecule has 1 aliphatic rings. The number of nitrogens with two attached hydrogens (primary N) is 1. The van der Waals surface area contributed by atoms with Gasteiger partial charge in [-0.15, -0.1) is 0 Å². The number of carbonyl (C=O) groups excluding carboxylic acids is 1. The third-order valence-corrected chi connectivity index (χ3v) is 3.83. The zero-order valence-electron chi connectivity index (χ0n) is 12.3. The van der Waals surface area contributed by atoms with Gasteiger partial charge in [0.05, 0.1) is 13.2 Å². The molecule has 0 unspecified atom stereocenters. The largest absolute Gasteiger partial charge is 0.465 e. The number of aromatic nitrogens is 2. The van der Waals surface area contributed by atoms with Gasteiger partial charge in [0.15, 0.2) is 5.82 Å². The number of carbonyl (C=O) groups is 1. The van der Waals surface area contributed by atoms with Crippen LogP contribution >= 0.6 is 0 Å². The molecule has 0 bridgehead atoms. The van der Waals surface area contributed by atoms with Gasteiger partial charge in [-0.1, -0.05) is 26.2 Å². The minimum atomic E-state index is -0.425. The van der Waals surface area contributed by atoms with E-state index in [0.717, 1.165) is 32.2 Å². The van der Waals surface area contributed by atoms with E-state index in [1.807, 2.05) is 0 Å². The van der Waals surface area contributed by atoms with Gasteiger partial charge in [-0.05, 0) is 19.3 Å². The SMILES string of the molecule is CCCCNc1nn(C2CCCC2)c(N)c1C(=O)OC. The zero-order valence-corrected chi connectivity index (χ0v) is 12.3. The van der Waals surface area contributed by atoms with Gasteiger partial charge in [-0.25, -0.2) is 9.48 Å². The molecule has 1 fully saturated rings. The fourth-order valence-corrected chi connectivity index (χ4v) is 2.69. The summed E-state index contributed by atoms with van der Waals surface area (Å²) in [6.45, 7) is 2.90. The lowest BCUT2D eigenvalue weighted by Gasteiger charge is -2.11. The Bertz CT molecular complexity index is 464. The van der Waals surface area contributed by atoms with Crippen molar-refractivity contribution in [3.63, 3.8) is 0 Å². The number of hydrogen-bond donors (Lipinski definition) is 2. The molecule has 3 N–H and O–H groups in total. The van der Waals surface area contributed by atoms with Gasteiger partial charge in [-0.2, -0.15) is 5.10 Å². The monoisotopic (exact) mass is 280 g/mol. The second kappa shape index (κ2) is 6.63. The predicted molar refractivity (Wildman–Crippen MR) is 78.9 cm³/mol. The van der Waals surface area contributed by atoms with Crippen LogP contribution in [0.5, 0.6) is 0 Å². The summed E-state index contributed by atoms with van der Waals surface area (Å²) in [4.78, 5) is 11.9. The predicted octanol–water partition coefficient (Wildman–Crippen LogP) is 2.58. The zero-order chi connectivity index (χ0) is 14.5. The van der Waals surface area contributed by atoms with E-state index in [2.05, 4.69) is 17.3 Å². The Balaban J connectivity index is 2.27. The van der Waals surface area contributed by atoms with E-state index in [-0.39, 0.29) is 0 Å². The van der Waals surface area contributed by atoms with Crippen LogP contribution in [-0.2, 0) is 4.74 Å². The molecule has 0 amide bonds. The van der Waals surface area contributed by atoms with Crippen LogP contribution in [0, 0.1) is 0 Å². The first-order valence-corrected chi connectivity index (χ1v) is 7.39. The minimum absolute atomic E-state index is 0.306. The molecular formula is C14H24N4O2. The maximum Gasteiger partial charge on any atom is 0.345 e. The Morgan fingerprint density at radius 1 is 1.50 bits per heavy atom. The summed E-state index contributed by atoms with van der Waals surface area (Å²) in [5.41, 5.74) is 6.50. The summed E-state index contributed by atoms with van der Waals surface area (Å²) in [6, 6.07) is 0.306. The lowest BCUT2D eigenvalue weighted by atomic mass is 10.2. The summed E-state index contributed by atoms with van der Waals surface area (Å²) in [5.74, 6) is 0.545. The summed E-state index contributed by atoms with van der Waals surface area (Å²) in [5, 5.41) is 7.71.